The number of alkyl halides is 1. The zero-order valence-corrected chi connectivity index (χ0v) is 14.1. The Labute approximate surface area is 127 Å². The standard InChI is InChI=1S/C13H19BrCl2S/c1-2-3-4-5-6-7-8-10(15)12-9-11(16)13(14)17-12/h9-10H,2-8H2,1H3. The summed E-state index contributed by atoms with van der Waals surface area (Å²) in [5, 5.41) is 0.897. The number of thiophene rings is 1. The molecule has 0 amide bonds. The van der Waals surface area contributed by atoms with E-state index in [1.54, 1.807) is 11.3 Å². The third-order valence-corrected chi connectivity index (χ3v) is 5.96. The number of rotatable bonds is 8. The quantitative estimate of drug-likeness (QED) is 0.341. The normalized spacial score (nSPS) is 12.9. The van der Waals surface area contributed by atoms with E-state index in [1.165, 1.54) is 43.4 Å². The van der Waals surface area contributed by atoms with Crippen molar-refractivity contribution in [3.8, 4) is 0 Å². The molecule has 1 heterocycles. The molecule has 1 atom stereocenters. The van der Waals surface area contributed by atoms with E-state index in [0.717, 1.165) is 15.2 Å². The van der Waals surface area contributed by atoms with Crippen LogP contribution in [-0.2, 0) is 0 Å². The zero-order valence-electron chi connectivity index (χ0n) is 10.1. The average molecular weight is 358 g/mol. The van der Waals surface area contributed by atoms with Gasteiger partial charge < -0.3 is 0 Å². The summed E-state index contributed by atoms with van der Waals surface area (Å²) < 4.78 is 0.989. The van der Waals surface area contributed by atoms with Crippen LogP contribution in [0.3, 0.4) is 0 Å². The summed E-state index contributed by atoms with van der Waals surface area (Å²) in [6, 6.07) is 1.98. The van der Waals surface area contributed by atoms with Gasteiger partial charge in [-0.15, -0.1) is 22.9 Å². The lowest BCUT2D eigenvalue weighted by Crippen LogP contribution is -1.87. The molecule has 0 fully saturated rings. The third kappa shape index (κ3) is 5.96. The van der Waals surface area contributed by atoms with Gasteiger partial charge >= 0.3 is 0 Å². The van der Waals surface area contributed by atoms with Crippen molar-refractivity contribution in [3.05, 3.63) is 19.8 Å². The van der Waals surface area contributed by atoms with Gasteiger partial charge in [-0.05, 0) is 28.4 Å². The Hall–Kier alpha value is 0.760. The van der Waals surface area contributed by atoms with Crippen LogP contribution in [0.5, 0.6) is 0 Å². The summed E-state index contributed by atoms with van der Waals surface area (Å²) in [6.07, 6.45) is 8.93. The number of hydrogen-bond acceptors (Lipinski definition) is 1. The summed E-state index contributed by atoms with van der Waals surface area (Å²) in [4.78, 5) is 1.18. The zero-order chi connectivity index (χ0) is 12.7. The Morgan fingerprint density at radius 3 is 2.47 bits per heavy atom. The summed E-state index contributed by atoms with van der Waals surface area (Å²) in [6.45, 7) is 2.24. The van der Waals surface area contributed by atoms with E-state index in [0.29, 0.717) is 0 Å². The molecule has 0 spiro atoms. The van der Waals surface area contributed by atoms with Gasteiger partial charge in [-0.2, -0.15) is 0 Å². The van der Waals surface area contributed by atoms with Crippen molar-refractivity contribution < 1.29 is 0 Å². The van der Waals surface area contributed by atoms with E-state index in [-0.39, 0.29) is 5.38 Å². The lowest BCUT2D eigenvalue weighted by Gasteiger charge is -2.06. The fourth-order valence-corrected chi connectivity index (χ4v) is 3.87. The highest BCUT2D eigenvalue weighted by Crippen LogP contribution is 2.39. The lowest BCUT2D eigenvalue weighted by molar-refractivity contribution is 0.586. The van der Waals surface area contributed by atoms with Crippen molar-refractivity contribution in [2.24, 2.45) is 0 Å². The van der Waals surface area contributed by atoms with Crippen molar-refractivity contribution in [3.63, 3.8) is 0 Å². The second-order valence-electron chi connectivity index (χ2n) is 4.29. The molecule has 1 rings (SSSR count). The van der Waals surface area contributed by atoms with Gasteiger partial charge in [0, 0.05) is 4.88 Å². The summed E-state index contributed by atoms with van der Waals surface area (Å²) in [7, 11) is 0. The smallest absolute Gasteiger partial charge is 0.0887 e. The Balaban J connectivity index is 2.19. The molecule has 4 heteroatoms. The van der Waals surface area contributed by atoms with Crippen LogP contribution < -0.4 is 0 Å². The molecule has 0 saturated carbocycles. The monoisotopic (exact) mass is 356 g/mol. The molecule has 0 nitrogen and oxygen atoms in total. The second-order valence-corrected chi connectivity index (χ2v) is 7.63. The Morgan fingerprint density at radius 2 is 1.88 bits per heavy atom. The Kier molecular flexibility index (Phi) is 8.18. The molecular formula is C13H19BrCl2S. The van der Waals surface area contributed by atoms with Gasteiger partial charge in [0.05, 0.1) is 14.2 Å². The predicted molar refractivity (Wildman–Crippen MR) is 83.6 cm³/mol. The molecule has 0 bridgehead atoms. The third-order valence-electron chi connectivity index (χ3n) is 2.78. The topological polar surface area (TPSA) is 0 Å². The molecule has 1 aromatic rings. The van der Waals surface area contributed by atoms with Crippen molar-refractivity contribution >= 4 is 50.5 Å². The highest BCUT2D eigenvalue weighted by molar-refractivity contribution is 9.11. The van der Waals surface area contributed by atoms with Gasteiger partial charge in [0.2, 0.25) is 0 Å². The first-order valence-corrected chi connectivity index (χ1v) is 8.66. The Morgan fingerprint density at radius 1 is 1.24 bits per heavy atom. The highest BCUT2D eigenvalue weighted by Gasteiger charge is 2.12. The molecule has 1 aromatic heterocycles. The van der Waals surface area contributed by atoms with Gasteiger partial charge in [-0.1, -0.05) is 57.0 Å². The molecular weight excluding hydrogens is 339 g/mol. The fraction of sp³-hybridized carbons (Fsp3) is 0.692. The van der Waals surface area contributed by atoms with E-state index in [4.69, 9.17) is 23.2 Å². The second kappa shape index (κ2) is 8.79. The lowest BCUT2D eigenvalue weighted by atomic mass is 10.1. The molecule has 0 aliphatic carbocycles. The van der Waals surface area contributed by atoms with Crippen LogP contribution in [0, 0.1) is 0 Å². The molecule has 0 N–H and O–H groups in total. The van der Waals surface area contributed by atoms with Crippen LogP contribution in [0.2, 0.25) is 5.02 Å². The first kappa shape index (κ1) is 15.8. The van der Waals surface area contributed by atoms with Crippen molar-refractivity contribution in [1.82, 2.24) is 0 Å². The van der Waals surface area contributed by atoms with E-state index in [9.17, 15) is 0 Å². The van der Waals surface area contributed by atoms with E-state index < -0.39 is 0 Å². The number of unbranched alkanes of at least 4 members (excludes halogenated alkanes) is 5. The van der Waals surface area contributed by atoms with Crippen molar-refractivity contribution in [2.45, 2.75) is 57.2 Å². The van der Waals surface area contributed by atoms with Crippen LogP contribution in [0.4, 0.5) is 0 Å². The van der Waals surface area contributed by atoms with Crippen LogP contribution in [-0.4, -0.2) is 0 Å². The first-order valence-electron chi connectivity index (χ1n) is 6.24. The minimum Gasteiger partial charge on any atom is -0.130 e. The van der Waals surface area contributed by atoms with Crippen molar-refractivity contribution in [1.29, 1.82) is 0 Å². The molecule has 17 heavy (non-hydrogen) atoms. The van der Waals surface area contributed by atoms with Gasteiger partial charge in [0.25, 0.3) is 0 Å². The summed E-state index contributed by atoms with van der Waals surface area (Å²) >= 11 is 17.4. The molecule has 1 unspecified atom stereocenters. The minimum atomic E-state index is 0.120. The number of hydrogen-bond donors (Lipinski definition) is 0. The maximum atomic E-state index is 6.36. The molecule has 0 radical (unpaired) electrons. The molecule has 0 aliphatic heterocycles. The van der Waals surface area contributed by atoms with Crippen LogP contribution in [0.25, 0.3) is 0 Å². The largest absolute Gasteiger partial charge is 0.130 e. The maximum absolute atomic E-state index is 6.36. The first-order chi connectivity index (χ1) is 8.15. The van der Waals surface area contributed by atoms with Crippen LogP contribution in [0.1, 0.15) is 62.1 Å². The highest BCUT2D eigenvalue weighted by atomic mass is 79.9. The van der Waals surface area contributed by atoms with Crippen molar-refractivity contribution in [2.75, 3.05) is 0 Å². The SMILES string of the molecule is CCCCCCCCC(Cl)c1cc(Cl)c(Br)s1. The fourth-order valence-electron chi connectivity index (χ4n) is 1.76. The van der Waals surface area contributed by atoms with Gasteiger partial charge in [-0.25, -0.2) is 0 Å². The van der Waals surface area contributed by atoms with E-state index in [2.05, 4.69) is 22.9 Å². The number of halogens is 3. The van der Waals surface area contributed by atoms with Crippen LogP contribution >= 0.6 is 50.5 Å². The molecule has 0 saturated heterocycles. The minimum absolute atomic E-state index is 0.120. The van der Waals surface area contributed by atoms with Gasteiger partial charge in [0.15, 0.2) is 0 Å². The van der Waals surface area contributed by atoms with E-state index >= 15 is 0 Å². The predicted octanol–water partition coefficient (Wildman–Crippen LogP) is 7.19. The Bertz CT molecular complexity index is 306. The van der Waals surface area contributed by atoms with E-state index in [1.807, 2.05) is 6.07 Å². The van der Waals surface area contributed by atoms with Crippen LogP contribution in [0.15, 0.2) is 9.85 Å². The summed E-state index contributed by atoms with van der Waals surface area (Å²) in [5.74, 6) is 0. The summed E-state index contributed by atoms with van der Waals surface area (Å²) in [5.41, 5.74) is 0. The molecule has 0 aromatic carbocycles. The molecule has 98 valence electrons. The maximum Gasteiger partial charge on any atom is 0.0887 e. The van der Waals surface area contributed by atoms with Gasteiger partial charge in [0.1, 0.15) is 0 Å². The average Bonchev–Trinajstić information content (AvgIpc) is 2.64. The molecule has 0 aliphatic rings. The van der Waals surface area contributed by atoms with Gasteiger partial charge in [-0.3, -0.25) is 0 Å².